The van der Waals surface area contributed by atoms with Crippen LogP contribution in [0.4, 0.5) is 0 Å². The SMILES string of the molecule is OB(O)c1ccccc1.c1ccc(C(c2ccccc2)(c2ccccc2)c2nn[nH]n2)cc1. The molecule has 0 aliphatic rings. The molecule has 1 heterocycles. The van der Waals surface area contributed by atoms with Crippen LogP contribution in [0, 0.1) is 0 Å². The maximum atomic E-state index is 8.58. The molecule has 33 heavy (non-hydrogen) atoms. The predicted molar refractivity (Wildman–Crippen MR) is 129 cm³/mol. The second kappa shape index (κ2) is 10.5. The first-order chi connectivity index (χ1) is 16.2. The van der Waals surface area contributed by atoms with Gasteiger partial charge in [0.1, 0.15) is 5.41 Å². The summed E-state index contributed by atoms with van der Waals surface area (Å²) < 4.78 is 0. The second-order valence-corrected chi connectivity index (χ2v) is 7.37. The molecule has 0 aliphatic carbocycles. The van der Waals surface area contributed by atoms with Crippen molar-refractivity contribution in [3.63, 3.8) is 0 Å². The van der Waals surface area contributed by atoms with Gasteiger partial charge in [-0.15, -0.1) is 10.2 Å². The Bertz CT molecular complexity index is 1120. The van der Waals surface area contributed by atoms with Crippen molar-refractivity contribution in [2.24, 2.45) is 0 Å². The first kappa shape index (κ1) is 22.1. The van der Waals surface area contributed by atoms with Gasteiger partial charge >= 0.3 is 7.12 Å². The fraction of sp³-hybridized carbons (Fsp3) is 0.0385. The zero-order valence-electron chi connectivity index (χ0n) is 17.9. The summed E-state index contributed by atoms with van der Waals surface area (Å²) in [7, 11) is -1.34. The van der Waals surface area contributed by atoms with Crippen LogP contribution in [0.15, 0.2) is 121 Å². The minimum absolute atomic E-state index is 0.525. The van der Waals surface area contributed by atoms with Crippen LogP contribution in [-0.2, 0) is 5.41 Å². The zero-order valence-corrected chi connectivity index (χ0v) is 17.9. The summed E-state index contributed by atoms with van der Waals surface area (Å²) in [4.78, 5) is 0. The summed E-state index contributed by atoms with van der Waals surface area (Å²) in [6.07, 6.45) is 0. The quantitative estimate of drug-likeness (QED) is 0.292. The van der Waals surface area contributed by atoms with Gasteiger partial charge in [-0.3, -0.25) is 0 Å². The molecule has 0 radical (unpaired) electrons. The van der Waals surface area contributed by atoms with Crippen molar-refractivity contribution in [1.82, 2.24) is 20.6 Å². The standard InChI is InChI=1S/C20H16N4.C6H7BO2/c1-4-10-16(11-5-1)20(19-21-23-24-22-19,17-12-6-2-7-13-17)18-14-8-3-9-15-18;8-7(9)6-4-2-1-3-5-6/h1-15H,(H,21,22,23,24);1-5,8-9H. The van der Waals surface area contributed by atoms with Gasteiger partial charge in [0.25, 0.3) is 0 Å². The summed E-state index contributed by atoms with van der Waals surface area (Å²) >= 11 is 0. The Labute approximate surface area is 192 Å². The number of rotatable bonds is 5. The fourth-order valence-electron chi connectivity index (χ4n) is 3.90. The molecule has 0 atom stereocenters. The van der Waals surface area contributed by atoms with E-state index < -0.39 is 12.5 Å². The number of hydrogen-bond acceptors (Lipinski definition) is 5. The van der Waals surface area contributed by atoms with Gasteiger partial charge in [-0.05, 0) is 22.2 Å². The molecule has 0 saturated carbocycles. The van der Waals surface area contributed by atoms with E-state index in [2.05, 4.69) is 57.0 Å². The Hall–Kier alpha value is -4.07. The minimum atomic E-state index is -1.34. The lowest BCUT2D eigenvalue weighted by Crippen LogP contribution is -2.32. The summed E-state index contributed by atoms with van der Waals surface area (Å²) in [5.74, 6) is 0.631. The summed E-state index contributed by atoms with van der Waals surface area (Å²) in [5.41, 5.74) is 3.21. The molecule has 0 amide bonds. The minimum Gasteiger partial charge on any atom is -0.423 e. The van der Waals surface area contributed by atoms with Crippen molar-refractivity contribution in [1.29, 1.82) is 0 Å². The van der Waals surface area contributed by atoms with E-state index in [4.69, 9.17) is 10.0 Å². The molecule has 5 rings (SSSR count). The van der Waals surface area contributed by atoms with Crippen molar-refractivity contribution >= 4 is 12.6 Å². The molecule has 3 N–H and O–H groups in total. The van der Waals surface area contributed by atoms with E-state index in [-0.39, 0.29) is 0 Å². The van der Waals surface area contributed by atoms with Crippen molar-refractivity contribution in [2.75, 3.05) is 0 Å². The molecule has 4 aromatic carbocycles. The van der Waals surface area contributed by atoms with Crippen LogP contribution in [-0.4, -0.2) is 37.8 Å². The number of benzene rings is 4. The highest BCUT2D eigenvalue weighted by Gasteiger charge is 2.41. The van der Waals surface area contributed by atoms with Crippen LogP contribution >= 0.6 is 0 Å². The number of aromatic nitrogens is 4. The van der Waals surface area contributed by atoms with Crippen LogP contribution < -0.4 is 5.46 Å². The van der Waals surface area contributed by atoms with E-state index in [1.807, 2.05) is 60.7 Å². The van der Waals surface area contributed by atoms with Gasteiger partial charge in [0, 0.05) is 0 Å². The van der Waals surface area contributed by atoms with Crippen LogP contribution in [0.25, 0.3) is 0 Å². The van der Waals surface area contributed by atoms with E-state index in [1.54, 1.807) is 24.3 Å². The number of tetrazole rings is 1. The number of nitrogens with one attached hydrogen (secondary N) is 1. The van der Waals surface area contributed by atoms with Gasteiger partial charge in [0.05, 0.1) is 0 Å². The van der Waals surface area contributed by atoms with E-state index in [0.29, 0.717) is 11.3 Å². The smallest absolute Gasteiger partial charge is 0.423 e. The lowest BCUT2D eigenvalue weighted by atomic mass is 9.69. The molecular formula is C26H23BN4O2. The highest BCUT2D eigenvalue weighted by Crippen LogP contribution is 2.42. The lowest BCUT2D eigenvalue weighted by molar-refractivity contribution is 0.426. The van der Waals surface area contributed by atoms with Crippen LogP contribution in [0.1, 0.15) is 22.5 Å². The molecule has 0 aliphatic heterocycles. The first-order valence-electron chi connectivity index (χ1n) is 10.5. The number of nitrogens with zero attached hydrogens (tertiary/aromatic N) is 3. The van der Waals surface area contributed by atoms with Gasteiger partial charge < -0.3 is 10.0 Å². The number of H-pyrrole nitrogens is 1. The summed E-state index contributed by atoms with van der Waals surface area (Å²) in [5, 5.41) is 32.3. The van der Waals surface area contributed by atoms with Gasteiger partial charge in [0.2, 0.25) is 0 Å². The normalized spacial score (nSPS) is 10.7. The van der Waals surface area contributed by atoms with E-state index in [0.717, 1.165) is 16.7 Å². The maximum absolute atomic E-state index is 8.58. The largest absolute Gasteiger partial charge is 0.488 e. The van der Waals surface area contributed by atoms with E-state index in [1.165, 1.54) is 0 Å². The number of hydrogen-bond donors (Lipinski definition) is 3. The second-order valence-electron chi connectivity index (χ2n) is 7.37. The monoisotopic (exact) mass is 434 g/mol. The average molecular weight is 434 g/mol. The molecule has 6 nitrogen and oxygen atoms in total. The van der Waals surface area contributed by atoms with Crippen molar-refractivity contribution in [2.45, 2.75) is 5.41 Å². The maximum Gasteiger partial charge on any atom is 0.488 e. The summed E-state index contributed by atoms with van der Waals surface area (Å²) in [6.45, 7) is 0. The topological polar surface area (TPSA) is 94.9 Å². The molecule has 1 aromatic heterocycles. The molecular weight excluding hydrogens is 411 g/mol. The molecule has 0 bridgehead atoms. The number of aromatic amines is 1. The fourth-order valence-corrected chi connectivity index (χ4v) is 3.90. The molecule has 7 heteroatoms. The predicted octanol–water partition coefficient (Wildman–Crippen LogP) is 2.95. The highest BCUT2D eigenvalue weighted by molar-refractivity contribution is 6.58. The van der Waals surface area contributed by atoms with Crippen molar-refractivity contribution < 1.29 is 10.0 Å². The molecule has 162 valence electrons. The Morgan fingerprint density at radius 1 is 0.576 bits per heavy atom. The Morgan fingerprint density at radius 2 is 0.970 bits per heavy atom. The van der Waals surface area contributed by atoms with E-state index in [9.17, 15) is 0 Å². The zero-order chi connectivity index (χ0) is 22.9. The Balaban J connectivity index is 0.000000243. The van der Waals surface area contributed by atoms with Crippen LogP contribution in [0.3, 0.4) is 0 Å². The van der Waals surface area contributed by atoms with Crippen LogP contribution in [0.2, 0.25) is 0 Å². The van der Waals surface area contributed by atoms with Crippen molar-refractivity contribution in [3.8, 4) is 0 Å². The molecule has 5 aromatic rings. The van der Waals surface area contributed by atoms with E-state index >= 15 is 0 Å². The van der Waals surface area contributed by atoms with Crippen LogP contribution in [0.5, 0.6) is 0 Å². The Morgan fingerprint density at radius 3 is 1.27 bits per heavy atom. The molecule has 0 fully saturated rings. The molecule has 0 saturated heterocycles. The summed E-state index contributed by atoms with van der Waals surface area (Å²) in [6, 6.07) is 39.6. The first-order valence-corrected chi connectivity index (χ1v) is 10.5. The highest BCUT2D eigenvalue weighted by atomic mass is 16.4. The average Bonchev–Trinajstić information content (AvgIpc) is 3.43. The Kier molecular flexibility index (Phi) is 7.04. The van der Waals surface area contributed by atoms with Gasteiger partial charge in [0.15, 0.2) is 5.82 Å². The van der Waals surface area contributed by atoms with Gasteiger partial charge in [-0.25, -0.2) is 0 Å². The molecule has 0 unspecified atom stereocenters. The third-order valence-electron chi connectivity index (χ3n) is 5.40. The third kappa shape index (κ3) is 4.74. The van der Waals surface area contributed by atoms with Gasteiger partial charge in [-0.1, -0.05) is 127 Å². The van der Waals surface area contributed by atoms with Gasteiger partial charge in [-0.2, -0.15) is 5.21 Å². The van der Waals surface area contributed by atoms with Crippen molar-refractivity contribution in [3.05, 3.63) is 144 Å². The third-order valence-corrected chi connectivity index (χ3v) is 5.40. The molecule has 0 spiro atoms. The lowest BCUT2D eigenvalue weighted by Gasteiger charge is -2.32.